The Kier molecular flexibility index (Phi) is 3.87. The smallest absolute Gasteiger partial charge is 0.0922 e. The Morgan fingerprint density at radius 1 is 1.19 bits per heavy atom. The third-order valence-corrected chi connectivity index (χ3v) is 3.85. The minimum Gasteiger partial charge on any atom is -0.387 e. The van der Waals surface area contributed by atoms with Crippen LogP contribution in [0.1, 0.15) is 16.5 Å². The zero-order valence-corrected chi connectivity index (χ0v) is 10.7. The van der Waals surface area contributed by atoms with Crippen molar-refractivity contribution in [3.8, 4) is 0 Å². The van der Waals surface area contributed by atoms with E-state index < -0.39 is 6.10 Å². The van der Waals surface area contributed by atoms with Gasteiger partial charge in [0.15, 0.2) is 0 Å². The highest BCUT2D eigenvalue weighted by Gasteiger charge is 2.11. The molecule has 0 radical (unpaired) electrons. The number of hydrogen-bond acceptors (Lipinski definition) is 2. The van der Waals surface area contributed by atoms with E-state index in [1.807, 2.05) is 29.6 Å². The van der Waals surface area contributed by atoms with Crippen molar-refractivity contribution >= 4 is 34.5 Å². The van der Waals surface area contributed by atoms with Crippen molar-refractivity contribution in [1.29, 1.82) is 0 Å². The lowest BCUT2D eigenvalue weighted by Gasteiger charge is -2.08. The van der Waals surface area contributed by atoms with Crippen LogP contribution >= 0.6 is 34.5 Å². The van der Waals surface area contributed by atoms with E-state index in [4.69, 9.17) is 23.2 Å². The first kappa shape index (κ1) is 11.9. The molecule has 0 saturated heterocycles. The number of benzene rings is 1. The van der Waals surface area contributed by atoms with Gasteiger partial charge in [0.1, 0.15) is 0 Å². The van der Waals surface area contributed by atoms with Crippen molar-refractivity contribution in [2.45, 2.75) is 12.5 Å². The predicted molar refractivity (Wildman–Crippen MR) is 69.4 cm³/mol. The molecule has 0 fully saturated rings. The van der Waals surface area contributed by atoms with Gasteiger partial charge in [0.05, 0.1) is 11.1 Å². The number of thiophene rings is 1. The van der Waals surface area contributed by atoms with E-state index in [1.54, 1.807) is 6.07 Å². The second-order valence-electron chi connectivity index (χ2n) is 3.52. The van der Waals surface area contributed by atoms with Gasteiger partial charge in [0, 0.05) is 21.7 Å². The van der Waals surface area contributed by atoms with Crippen molar-refractivity contribution in [2.24, 2.45) is 0 Å². The highest BCUT2D eigenvalue weighted by atomic mass is 35.5. The molecule has 1 unspecified atom stereocenters. The van der Waals surface area contributed by atoms with E-state index >= 15 is 0 Å². The minimum absolute atomic E-state index is 0.518. The molecule has 1 heterocycles. The lowest BCUT2D eigenvalue weighted by Crippen LogP contribution is -1.99. The highest BCUT2D eigenvalue weighted by molar-refractivity contribution is 7.10. The molecule has 0 saturated carbocycles. The summed E-state index contributed by atoms with van der Waals surface area (Å²) < 4.78 is 0. The SMILES string of the molecule is OC(Cc1cccc(Cl)c1)c1cc(Cl)cs1. The van der Waals surface area contributed by atoms with Crippen LogP contribution < -0.4 is 0 Å². The molecule has 0 aliphatic heterocycles. The first-order valence-corrected chi connectivity index (χ1v) is 6.45. The molecule has 0 bridgehead atoms. The molecule has 1 N–H and O–H groups in total. The number of hydrogen-bond donors (Lipinski definition) is 1. The summed E-state index contributed by atoms with van der Waals surface area (Å²) >= 11 is 13.2. The van der Waals surface area contributed by atoms with Gasteiger partial charge in [0.25, 0.3) is 0 Å². The predicted octanol–water partition coefficient (Wildman–Crippen LogP) is 4.33. The Balaban J connectivity index is 2.10. The summed E-state index contributed by atoms with van der Waals surface area (Å²) in [6.45, 7) is 0. The molecular formula is C12H10Cl2OS. The van der Waals surface area contributed by atoms with Gasteiger partial charge in [0.2, 0.25) is 0 Å². The molecule has 0 aliphatic carbocycles. The van der Waals surface area contributed by atoms with Crippen molar-refractivity contribution in [3.05, 3.63) is 56.2 Å². The topological polar surface area (TPSA) is 20.2 Å². The van der Waals surface area contributed by atoms with Crippen molar-refractivity contribution in [2.75, 3.05) is 0 Å². The zero-order chi connectivity index (χ0) is 11.5. The Hall–Kier alpha value is -0.540. The zero-order valence-electron chi connectivity index (χ0n) is 8.36. The van der Waals surface area contributed by atoms with Gasteiger partial charge in [-0.1, -0.05) is 35.3 Å². The third-order valence-electron chi connectivity index (χ3n) is 2.23. The minimum atomic E-state index is -0.518. The number of aliphatic hydroxyl groups excluding tert-OH is 1. The van der Waals surface area contributed by atoms with Crippen LogP contribution in [0.4, 0.5) is 0 Å². The maximum Gasteiger partial charge on any atom is 0.0922 e. The number of rotatable bonds is 3. The normalized spacial score (nSPS) is 12.7. The Morgan fingerprint density at radius 2 is 2.00 bits per heavy atom. The van der Waals surface area contributed by atoms with Gasteiger partial charge in [-0.2, -0.15) is 0 Å². The van der Waals surface area contributed by atoms with Crippen LogP contribution in [0.3, 0.4) is 0 Å². The summed E-state index contributed by atoms with van der Waals surface area (Å²) in [5, 5.41) is 13.2. The first-order chi connectivity index (χ1) is 7.65. The maximum atomic E-state index is 9.99. The van der Waals surface area contributed by atoms with E-state index in [1.165, 1.54) is 11.3 Å². The second-order valence-corrected chi connectivity index (χ2v) is 5.33. The van der Waals surface area contributed by atoms with Crippen LogP contribution in [-0.2, 0) is 6.42 Å². The molecule has 2 aromatic rings. The van der Waals surface area contributed by atoms with Crippen molar-refractivity contribution < 1.29 is 5.11 Å². The molecule has 1 nitrogen and oxygen atoms in total. The number of halogens is 2. The molecule has 0 amide bonds. The molecule has 0 spiro atoms. The van der Waals surface area contributed by atoms with Crippen LogP contribution in [0.15, 0.2) is 35.7 Å². The van der Waals surface area contributed by atoms with Gasteiger partial charge in [-0.15, -0.1) is 11.3 Å². The fourth-order valence-electron chi connectivity index (χ4n) is 1.49. The molecule has 16 heavy (non-hydrogen) atoms. The molecular weight excluding hydrogens is 263 g/mol. The number of aliphatic hydroxyl groups is 1. The summed E-state index contributed by atoms with van der Waals surface area (Å²) in [6.07, 6.45) is 0.0354. The molecule has 2 rings (SSSR count). The molecule has 0 aliphatic rings. The van der Waals surface area contributed by atoms with Gasteiger partial charge in [-0.05, 0) is 23.8 Å². The van der Waals surface area contributed by atoms with E-state index in [0.29, 0.717) is 16.5 Å². The van der Waals surface area contributed by atoms with E-state index in [-0.39, 0.29) is 0 Å². The molecule has 4 heteroatoms. The van der Waals surface area contributed by atoms with E-state index in [9.17, 15) is 5.11 Å². The Labute approximate surface area is 108 Å². The molecule has 1 atom stereocenters. The Bertz CT molecular complexity index is 481. The van der Waals surface area contributed by atoms with Crippen LogP contribution in [0.2, 0.25) is 10.0 Å². The van der Waals surface area contributed by atoms with Crippen LogP contribution in [-0.4, -0.2) is 5.11 Å². The summed E-state index contributed by atoms with van der Waals surface area (Å²) in [5.74, 6) is 0. The summed E-state index contributed by atoms with van der Waals surface area (Å²) in [4.78, 5) is 0.880. The second kappa shape index (κ2) is 5.19. The third kappa shape index (κ3) is 2.98. The standard InChI is InChI=1S/C12H10Cl2OS/c13-9-3-1-2-8(4-9)5-11(15)12-6-10(14)7-16-12/h1-4,6-7,11,15H,5H2. The summed E-state index contributed by atoms with van der Waals surface area (Å²) in [6, 6.07) is 9.30. The van der Waals surface area contributed by atoms with Crippen LogP contribution in [0, 0.1) is 0 Å². The average molecular weight is 273 g/mol. The van der Waals surface area contributed by atoms with E-state index in [0.717, 1.165) is 10.4 Å². The fraction of sp³-hybridized carbons (Fsp3) is 0.167. The van der Waals surface area contributed by atoms with E-state index in [2.05, 4.69) is 0 Å². The molecule has 1 aromatic heterocycles. The lowest BCUT2D eigenvalue weighted by atomic mass is 10.1. The fourth-order valence-corrected chi connectivity index (χ4v) is 2.77. The average Bonchev–Trinajstić information content (AvgIpc) is 2.65. The monoisotopic (exact) mass is 272 g/mol. The lowest BCUT2D eigenvalue weighted by molar-refractivity contribution is 0.182. The van der Waals surface area contributed by atoms with Crippen LogP contribution in [0.25, 0.3) is 0 Å². The van der Waals surface area contributed by atoms with Gasteiger partial charge in [-0.3, -0.25) is 0 Å². The molecule has 84 valence electrons. The summed E-state index contributed by atoms with van der Waals surface area (Å²) in [5.41, 5.74) is 1.02. The van der Waals surface area contributed by atoms with Crippen LogP contribution in [0.5, 0.6) is 0 Å². The van der Waals surface area contributed by atoms with Gasteiger partial charge in [-0.25, -0.2) is 0 Å². The summed E-state index contributed by atoms with van der Waals surface area (Å²) in [7, 11) is 0. The highest BCUT2D eigenvalue weighted by Crippen LogP contribution is 2.27. The van der Waals surface area contributed by atoms with Gasteiger partial charge >= 0.3 is 0 Å². The van der Waals surface area contributed by atoms with Gasteiger partial charge < -0.3 is 5.11 Å². The van der Waals surface area contributed by atoms with Crippen molar-refractivity contribution in [3.63, 3.8) is 0 Å². The Morgan fingerprint density at radius 3 is 2.62 bits per heavy atom. The quantitative estimate of drug-likeness (QED) is 0.882. The maximum absolute atomic E-state index is 9.99. The first-order valence-electron chi connectivity index (χ1n) is 4.81. The molecule has 1 aromatic carbocycles. The van der Waals surface area contributed by atoms with Crippen molar-refractivity contribution in [1.82, 2.24) is 0 Å². The largest absolute Gasteiger partial charge is 0.387 e.